The van der Waals surface area contributed by atoms with Crippen molar-refractivity contribution in [2.45, 2.75) is 32.4 Å². The molecule has 180 valence electrons. The Hall–Kier alpha value is -3.94. The SMILES string of the molecule is CCC(=O)c1c(-c2ccc(F)cc2)oc2cc(CCC(F)(F)F)c(-c3cccc(C(=O)O)c3)cc12. The van der Waals surface area contributed by atoms with Gasteiger partial charge in [-0.25, -0.2) is 9.18 Å². The number of alkyl halides is 3. The van der Waals surface area contributed by atoms with Crippen molar-refractivity contribution in [3.8, 4) is 22.5 Å². The Balaban J connectivity index is 1.99. The van der Waals surface area contributed by atoms with E-state index in [0.29, 0.717) is 27.6 Å². The van der Waals surface area contributed by atoms with E-state index in [1.54, 1.807) is 19.1 Å². The van der Waals surface area contributed by atoms with Crippen molar-refractivity contribution in [1.29, 1.82) is 0 Å². The van der Waals surface area contributed by atoms with Crippen molar-refractivity contribution in [1.82, 2.24) is 0 Å². The molecule has 0 amide bonds. The first-order valence-electron chi connectivity index (χ1n) is 10.9. The third-order valence-electron chi connectivity index (χ3n) is 5.72. The number of hydrogen-bond acceptors (Lipinski definition) is 3. The third-order valence-corrected chi connectivity index (χ3v) is 5.72. The second-order valence-electron chi connectivity index (χ2n) is 8.10. The van der Waals surface area contributed by atoms with Crippen LogP contribution < -0.4 is 0 Å². The number of carbonyl (C=O) groups excluding carboxylic acids is 1. The average molecular weight is 484 g/mol. The summed E-state index contributed by atoms with van der Waals surface area (Å²) in [5.41, 5.74) is 1.97. The fourth-order valence-corrected chi connectivity index (χ4v) is 4.01. The topological polar surface area (TPSA) is 67.5 Å². The van der Waals surface area contributed by atoms with Gasteiger partial charge in [-0.1, -0.05) is 19.1 Å². The molecule has 0 aliphatic heterocycles. The summed E-state index contributed by atoms with van der Waals surface area (Å²) in [5.74, 6) is -1.70. The fourth-order valence-electron chi connectivity index (χ4n) is 4.01. The molecule has 0 aliphatic carbocycles. The zero-order chi connectivity index (χ0) is 25.3. The van der Waals surface area contributed by atoms with Crippen LogP contribution in [0.3, 0.4) is 0 Å². The number of carbonyl (C=O) groups is 2. The van der Waals surface area contributed by atoms with Gasteiger partial charge in [0.2, 0.25) is 0 Å². The number of benzene rings is 3. The number of carboxylic acids is 1. The molecule has 0 radical (unpaired) electrons. The third kappa shape index (κ3) is 5.11. The minimum Gasteiger partial charge on any atom is -0.478 e. The van der Waals surface area contributed by atoms with Crippen LogP contribution in [0.4, 0.5) is 17.6 Å². The molecule has 1 heterocycles. The van der Waals surface area contributed by atoms with E-state index in [-0.39, 0.29) is 41.1 Å². The van der Waals surface area contributed by atoms with E-state index in [0.717, 1.165) is 0 Å². The summed E-state index contributed by atoms with van der Waals surface area (Å²) in [5, 5.41) is 9.76. The van der Waals surface area contributed by atoms with Gasteiger partial charge in [0.25, 0.3) is 0 Å². The van der Waals surface area contributed by atoms with Crippen LogP contribution in [0.15, 0.2) is 65.1 Å². The van der Waals surface area contributed by atoms with Crippen LogP contribution in [0.25, 0.3) is 33.4 Å². The first-order valence-corrected chi connectivity index (χ1v) is 10.9. The lowest BCUT2D eigenvalue weighted by Gasteiger charge is -2.13. The number of rotatable bonds is 7. The molecule has 8 heteroatoms. The number of hydrogen-bond donors (Lipinski definition) is 1. The summed E-state index contributed by atoms with van der Waals surface area (Å²) in [6.07, 6.45) is -5.71. The second-order valence-corrected chi connectivity index (χ2v) is 8.10. The summed E-state index contributed by atoms with van der Waals surface area (Å²) in [6, 6.07) is 14.3. The van der Waals surface area contributed by atoms with Gasteiger partial charge in [-0.2, -0.15) is 13.2 Å². The summed E-state index contributed by atoms with van der Waals surface area (Å²) in [6.45, 7) is 1.67. The molecule has 4 nitrogen and oxygen atoms in total. The minimum absolute atomic E-state index is 0.0200. The lowest BCUT2D eigenvalue weighted by molar-refractivity contribution is -0.133. The standard InChI is InChI=1S/C27H20F4O4/c1-2-22(32)24-21-14-20(16-4-3-5-18(12-16)26(33)34)17(10-11-27(29,30)31)13-23(21)35-25(24)15-6-8-19(28)9-7-15/h3-9,12-14H,2,10-11H2,1H3,(H,33,34). The first kappa shape index (κ1) is 24.2. The Morgan fingerprint density at radius 3 is 2.31 bits per heavy atom. The molecule has 0 bridgehead atoms. The van der Waals surface area contributed by atoms with Gasteiger partial charge in [-0.15, -0.1) is 0 Å². The van der Waals surface area contributed by atoms with Crippen molar-refractivity contribution in [2.24, 2.45) is 0 Å². The van der Waals surface area contributed by atoms with Crippen molar-refractivity contribution in [3.05, 3.63) is 83.2 Å². The summed E-state index contributed by atoms with van der Waals surface area (Å²) < 4.78 is 58.6. The number of aryl methyl sites for hydroxylation is 1. The Bertz CT molecular complexity index is 1420. The minimum atomic E-state index is -4.40. The van der Waals surface area contributed by atoms with E-state index >= 15 is 0 Å². The molecule has 0 spiro atoms. The molecule has 0 aliphatic rings. The molecule has 4 rings (SSSR count). The summed E-state index contributed by atoms with van der Waals surface area (Å²) >= 11 is 0. The molecule has 4 aromatic rings. The molecule has 35 heavy (non-hydrogen) atoms. The molecule has 1 N–H and O–H groups in total. The molecular formula is C27H20F4O4. The van der Waals surface area contributed by atoms with Gasteiger partial charge in [0.15, 0.2) is 5.78 Å². The highest BCUT2D eigenvalue weighted by molar-refractivity contribution is 6.13. The molecule has 0 unspecified atom stereocenters. The van der Waals surface area contributed by atoms with E-state index in [4.69, 9.17) is 4.42 Å². The van der Waals surface area contributed by atoms with Gasteiger partial charge in [-0.3, -0.25) is 4.79 Å². The number of halogens is 4. The molecule has 1 aromatic heterocycles. The van der Waals surface area contributed by atoms with Crippen LogP contribution in [0.1, 0.15) is 46.0 Å². The Morgan fingerprint density at radius 1 is 0.971 bits per heavy atom. The van der Waals surface area contributed by atoms with Gasteiger partial charge in [0.05, 0.1) is 11.1 Å². The zero-order valence-electron chi connectivity index (χ0n) is 18.6. The van der Waals surface area contributed by atoms with E-state index < -0.39 is 24.4 Å². The average Bonchev–Trinajstić information content (AvgIpc) is 3.20. The maximum atomic E-state index is 13.5. The van der Waals surface area contributed by atoms with E-state index in [1.807, 2.05) is 0 Å². The monoisotopic (exact) mass is 484 g/mol. The predicted octanol–water partition coefficient (Wildman–Crippen LogP) is 7.69. The van der Waals surface area contributed by atoms with Crippen LogP contribution in [-0.4, -0.2) is 23.0 Å². The Morgan fingerprint density at radius 2 is 1.69 bits per heavy atom. The second kappa shape index (κ2) is 9.37. The number of furan rings is 1. The smallest absolute Gasteiger partial charge is 0.389 e. The number of Topliss-reactive ketones (excluding diaryl/α,β-unsaturated/α-hetero) is 1. The van der Waals surface area contributed by atoms with Gasteiger partial charge in [-0.05, 0) is 71.6 Å². The van der Waals surface area contributed by atoms with Crippen molar-refractivity contribution in [3.63, 3.8) is 0 Å². The fraction of sp³-hybridized carbons (Fsp3) is 0.185. The quantitative estimate of drug-likeness (QED) is 0.216. The van der Waals surface area contributed by atoms with Crippen LogP contribution in [0, 0.1) is 5.82 Å². The van der Waals surface area contributed by atoms with Gasteiger partial charge >= 0.3 is 12.1 Å². The molecule has 0 atom stereocenters. The highest BCUT2D eigenvalue weighted by Crippen LogP contribution is 2.39. The lowest BCUT2D eigenvalue weighted by atomic mass is 9.92. The van der Waals surface area contributed by atoms with Crippen LogP contribution in [-0.2, 0) is 6.42 Å². The van der Waals surface area contributed by atoms with Gasteiger partial charge < -0.3 is 9.52 Å². The molecule has 0 saturated carbocycles. The van der Waals surface area contributed by atoms with E-state index in [9.17, 15) is 32.3 Å². The highest BCUT2D eigenvalue weighted by atomic mass is 19.4. The van der Waals surface area contributed by atoms with E-state index in [2.05, 4.69) is 0 Å². The van der Waals surface area contributed by atoms with Crippen molar-refractivity contribution < 1.29 is 36.7 Å². The molecule has 0 saturated heterocycles. The predicted molar refractivity (Wildman–Crippen MR) is 123 cm³/mol. The maximum absolute atomic E-state index is 13.5. The van der Waals surface area contributed by atoms with E-state index in [1.165, 1.54) is 48.5 Å². The number of ketones is 1. The highest BCUT2D eigenvalue weighted by Gasteiger charge is 2.28. The Kier molecular flexibility index (Phi) is 6.47. The maximum Gasteiger partial charge on any atom is 0.389 e. The number of carboxylic acid groups (broad SMARTS) is 1. The van der Waals surface area contributed by atoms with Crippen molar-refractivity contribution in [2.75, 3.05) is 0 Å². The van der Waals surface area contributed by atoms with Crippen molar-refractivity contribution >= 4 is 22.7 Å². The molecular weight excluding hydrogens is 464 g/mol. The van der Waals surface area contributed by atoms with Crippen LogP contribution in [0.5, 0.6) is 0 Å². The summed E-state index contributed by atoms with van der Waals surface area (Å²) in [7, 11) is 0. The van der Waals surface area contributed by atoms with Gasteiger partial charge in [0, 0.05) is 23.8 Å². The molecule has 3 aromatic carbocycles. The number of aromatic carboxylic acids is 1. The molecule has 0 fully saturated rings. The normalized spacial score (nSPS) is 11.7. The summed E-state index contributed by atoms with van der Waals surface area (Å²) in [4.78, 5) is 24.4. The van der Waals surface area contributed by atoms with Crippen LogP contribution >= 0.6 is 0 Å². The van der Waals surface area contributed by atoms with Crippen LogP contribution in [0.2, 0.25) is 0 Å². The first-order chi connectivity index (χ1) is 16.6. The van der Waals surface area contributed by atoms with Gasteiger partial charge in [0.1, 0.15) is 17.2 Å². The zero-order valence-corrected chi connectivity index (χ0v) is 18.6. The largest absolute Gasteiger partial charge is 0.478 e. The number of fused-ring (bicyclic) bond motifs is 1. The lowest BCUT2D eigenvalue weighted by Crippen LogP contribution is -2.09. The Labute approximate surface area is 197 Å².